The molecule has 9 heteroatoms. The minimum absolute atomic E-state index is 0.00512. The zero-order chi connectivity index (χ0) is 18.2. The van der Waals surface area contributed by atoms with Crippen LogP contribution in [0, 0.1) is 0 Å². The molecule has 0 spiro atoms. The lowest BCUT2D eigenvalue weighted by Gasteiger charge is -2.18. The SMILES string of the molecule is CCC(NC(=O)c1ccc2c(c1)S(=O)(=O)N(C(C)C)C2=O)C(=O)O. The third kappa shape index (κ3) is 2.86. The molecule has 1 aliphatic heterocycles. The molecule has 0 saturated heterocycles. The van der Waals surface area contributed by atoms with Crippen molar-refractivity contribution in [3.63, 3.8) is 0 Å². The van der Waals surface area contributed by atoms with Crippen LogP contribution in [-0.4, -0.2) is 47.7 Å². The van der Waals surface area contributed by atoms with E-state index in [4.69, 9.17) is 5.11 Å². The van der Waals surface area contributed by atoms with Crippen LogP contribution in [0.25, 0.3) is 0 Å². The molecule has 2 rings (SSSR count). The number of nitrogens with one attached hydrogen (secondary N) is 1. The maximum atomic E-state index is 12.5. The van der Waals surface area contributed by atoms with Gasteiger partial charge in [-0.3, -0.25) is 9.59 Å². The lowest BCUT2D eigenvalue weighted by Crippen LogP contribution is -2.40. The van der Waals surface area contributed by atoms with Crippen molar-refractivity contribution in [2.75, 3.05) is 0 Å². The number of hydrogen-bond donors (Lipinski definition) is 2. The Balaban J connectivity index is 2.41. The summed E-state index contributed by atoms with van der Waals surface area (Å²) in [4.78, 5) is 35.1. The van der Waals surface area contributed by atoms with Crippen molar-refractivity contribution in [3.05, 3.63) is 29.3 Å². The molecule has 1 aromatic carbocycles. The van der Waals surface area contributed by atoms with Gasteiger partial charge in [-0.1, -0.05) is 6.92 Å². The Morgan fingerprint density at radius 2 is 1.92 bits per heavy atom. The van der Waals surface area contributed by atoms with E-state index < -0.39 is 39.9 Å². The van der Waals surface area contributed by atoms with Gasteiger partial charge >= 0.3 is 5.97 Å². The van der Waals surface area contributed by atoms with Crippen LogP contribution in [0.2, 0.25) is 0 Å². The zero-order valence-corrected chi connectivity index (χ0v) is 14.3. The van der Waals surface area contributed by atoms with E-state index in [0.29, 0.717) is 0 Å². The van der Waals surface area contributed by atoms with Crippen LogP contribution in [0.5, 0.6) is 0 Å². The summed E-state index contributed by atoms with van der Waals surface area (Å²) in [7, 11) is -4.01. The largest absolute Gasteiger partial charge is 0.480 e. The highest BCUT2D eigenvalue weighted by Gasteiger charge is 2.43. The third-order valence-electron chi connectivity index (χ3n) is 3.69. The Morgan fingerprint density at radius 3 is 2.42 bits per heavy atom. The molecule has 1 aliphatic rings. The number of fused-ring (bicyclic) bond motifs is 1. The van der Waals surface area contributed by atoms with E-state index in [1.54, 1.807) is 20.8 Å². The molecular weight excluding hydrogens is 336 g/mol. The number of carbonyl (C=O) groups excluding carboxylic acids is 2. The van der Waals surface area contributed by atoms with Gasteiger partial charge in [0.15, 0.2) is 0 Å². The fourth-order valence-corrected chi connectivity index (χ4v) is 4.27. The van der Waals surface area contributed by atoms with E-state index in [2.05, 4.69) is 5.32 Å². The molecule has 0 bridgehead atoms. The maximum Gasteiger partial charge on any atom is 0.326 e. The van der Waals surface area contributed by atoms with Crippen LogP contribution in [0.4, 0.5) is 0 Å². The molecule has 0 aromatic heterocycles. The molecule has 0 radical (unpaired) electrons. The fourth-order valence-electron chi connectivity index (χ4n) is 2.48. The molecule has 2 N–H and O–H groups in total. The number of carboxylic acids is 1. The van der Waals surface area contributed by atoms with Crippen molar-refractivity contribution in [2.45, 2.75) is 44.2 Å². The number of carbonyl (C=O) groups is 3. The third-order valence-corrected chi connectivity index (χ3v) is 5.69. The van der Waals surface area contributed by atoms with Crippen LogP contribution in [0.1, 0.15) is 47.9 Å². The smallest absolute Gasteiger partial charge is 0.326 e. The molecule has 24 heavy (non-hydrogen) atoms. The molecule has 1 atom stereocenters. The van der Waals surface area contributed by atoms with Crippen molar-refractivity contribution < 1.29 is 27.9 Å². The average Bonchev–Trinajstić information content (AvgIpc) is 2.70. The first-order valence-electron chi connectivity index (χ1n) is 7.37. The first-order chi connectivity index (χ1) is 11.1. The monoisotopic (exact) mass is 354 g/mol. The normalized spacial score (nSPS) is 16.8. The first-order valence-corrected chi connectivity index (χ1v) is 8.81. The number of aliphatic carboxylic acids is 1. The summed E-state index contributed by atoms with van der Waals surface area (Å²) in [5, 5.41) is 11.3. The Bertz CT molecular complexity index is 815. The molecule has 0 aliphatic carbocycles. The second kappa shape index (κ2) is 6.23. The number of benzene rings is 1. The average molecular weight is 354 g/mol. The molecule has 8 nitrogen and oxygen atoms in total. The maximum absolute atomic E-state index is 12.5. The van der Waals surface area contributed by atoms with Gasteiger partial charge in [0, 0.05) is 11.6 Å². The van der Waals surface area contributed by atoms with Crippen molar-refractivity contribution in [1.29, 1.82) is 0 Å². The summed E-state index contributed by atoms with van der Waals surface area (Å²) in [6.45, 7) is 4.76. The van der Waals surface area contributed by atoms with Crippen molar-refractivity contribution in [2.24, 2.45) is 0 Å². The Morgan fingerprint density at radius 1 is 1.29 bits per heavy atom. The van der Waals surface area contributed by atoms with Gasteiger partial charge in [-0.15, -0.1) is 0 Å². The summed E-state index contributed by atoms with van der Waals surface area (Å²) in [5.41, 5.74) is -0.0130. The second-order valence-corrected chi connectivity index (χ2v) is 7.47. The van der Waals surface area contributed by atoms with Crippen LogP contribution in [-0.2, 0) is 14.8 Å². The highest BCUT2D eigenvalue weighted by atomic mass is 32.2. The number of sulfonamides is 1. The lowest BCUT2D eigenvalue weighted by atomic mass is 10.1. The fraction of sp³-hybridized carbons (Fsp3) is 0.400. The van der Waals surface area contributed by atoms with E-state index in [1.165, 1.54) is 12.1 Å². The summed E-state index contributed by atoms with van der Waals surface area (Å²) in [5.74, 6) is -2.53. The van der Waals surface area contributed by atoms with Gasteiger partial charge in [-0.2, -0.15) is 0 Å². The molecular formula is C15H18N2O6S. The second-order valence-electron chi connectivity index (χ2n) is 5.68. The van der Waals surface area contributed by atoms with E-state index in [0.717, 1.165) is 10.4 Å². The topological polar surface area (TPSA) is 121 Å². The number of amides is 2. The van der Waals surface area contributed by atoms with E-state index in [-0.39, 0.29) is 22.4 Å². The van der Waals surface area contributed by atoms with Crippen LogP contribution in [0.3, 0.4) is 0 Å². The van der Waals surface area contributed by atoms with Gasteiger partial charge in [0.25, 0.3) is 21.8 Å². The highest BCUT2D eigenvalue weighted by Crippen LogP contribution is 2.32. The molecule has 0 saturated carbocycles. The van der Waals surface area contributed by atoms with Crippen molar-refractivity contribution in [1.82, 2.24) is 9.62 Å². The first kappa shape index (κ1) is 17.9. The van der Waals surface area contributed by atoms with Gasteiger partial charge in [-0.25, -0.2) is 17.5 Å². The van der Waals surface area contributed by atoms with Gasteiger partial charge in [0.05, 0.1) is 5.56 Å². The molecule has 0 fully saturated rings. The Hall–Kier alpha value is -2.42. The zero-order valence-electron chi connectivity index (χ0n) is 13.4. The summed E-state index contributed by atoms with van der Waals surface area (Å²) >= 11 is 0. The van der Waals surface area contributed by atoms with Gasteiger partial charge in [-0.05, 0) is 38.5 Å². The standard InChI is InChI=1S/C15H18N2O6S/c1-4-11(15(20)21)16-13(18)9-5-6-10-12(7-9)24(22,23)17(8(2)3)14(10)19/h5-8,11H,4H2,1-3H3,(H,16,18)(H,20,21). The summed E-state index contributed by atoms with van der Waals surface area (Å²) < 4.78 is 25.7. The van der Waals surface area contributed by atoms with Crippen LogP contribution < -0.4 is 5.32 Å². The van der Waals surface area contributed by atoms with E-state index >= 15 is 0 Å². The quantitative estimate of drug-likeness (QED) is 0.808. The summed E-state index contributed by atoms with van der Waals surface area (Å²) in [6.07, 6.45) is 0.184. The lowest BCUT2D eigenvalue weighted by molar-refractivity contribution is -0.139. The Labute approximate surface area is 139 Å². The molecule has 130 valence electrons. The minimum Gasteiger partial charge on any atom is -0.480 e. The predicted octanol–water partition coefficient (Wildman–Crippen LogP) is 0.833. The minimum atomic E-state index is -4.01. The molecule has 2 amide bonds. The number of hydrogen-bond acceptors (Lipinski definition) is 5. The van der Waals surface area contributed by atoms with Crippen molar-refractivity contribution >= 4 is 27.8 Å². The highest BCUT2D eigenvalue weighted by molar-refractivity contribution is 7.90. The van der Waals surface area contributed by atoms with Crippen LogP contribution in [0.15, 0.2) is 23.1 Å². The number of carboxylic acid groups (broad SMARTS) is 1. The Kier molecular flexibility index (Phi) is 4.66. The summed E-state index contributed by atoms with van der Waals surface area (Å²) in [6, 6.07) is 2.06. The van der Waals surface area contributed by atoms with E-state index in [1.807, 2.05) is 0 Å². The number of rotatable bonds is 5. The predicted molar refractivity (Wildman–Crippen MR) is 84.1 cm³/mol. The number of nitrogens with zero attached hydrogens (tertiary/aromatic N) is 1. The molecule has 1 unspecified atom stereocenters. The molecule has 1 heterocycles. The van der Waals surface area contributed by atoms with Gasteiger partial charge in [0.2, 0.25) is 0 Å². The van der Waals surface area contributed by atoms with E-state index in [9.17, 15) is 22.8 Å². The van der Waals surface area contributed by atoms with Gasteiger partial charge < -0.3 is 10.4 Å². The van der Waals surface area contributed by atoms with Gasteiger partial charge in [0.1, 0.15) is 10.9 Å². The molecule has 1 aromatic rings. The van der Waals surface area contributed by atoms with Crippen molar-refractivity contribution in [3.8, 4) is 0 Å². The van der Waals surface area contributed by atoms with Crippen LogP contribution >= 0.6 is 0 Å².